The third kappa shape index (κ3) is 10.3. The molecule has 10 heteroatoms. The van der Waals surface area contributed by atoms with Crippen molar-refractivity contribution in [2.75, 3.05) is 19.1 Å². The number of aliphatic carboxylic acids is 1. The fraction of sp³-hybridized carbons (Fsp3) is 0.538. The van der Waals surface area contributed by atoms with Crippen molar-refractivity contribution in [2.24, 2.45) is 10.1 Å². The number of aliphatic imine (C=N–C) groups is 1. The minimum absolute atomic E-state index is 0.0357. The SMILES string of the molecule is C=NC(=C\SCNC(=O)OC(C)(C)C)/C(=N/OCCO)C(=O)O. The van der Waals surface area contributed by atoms with Gasteiger partial charge in [-0.3, -0.25) is 4.99 Å². The highest BCUT2D eigenvalue weighted by Crippen LogP contribution is 2.11. The number of nitrogens with one attached hydrogen (secondary N) is 1. The molecule has 0 heterocycles. The van der Waals surface area contributed by atoms with Crippen LogP contribution in [0.15, 0.2) is 21.3 Å². The van der Waals surface area contributed by atoms with Gasteiger partial charge in [-0.25, -0.2) is 9.59 Å². The lowest BCUT2D eigenvalue weighted by atomic mass is 10.2. The van der Waals surface area contributed by atoms with E-state index in [9.17, 15) is 9.59 Å². The van der Waals surface area contributed by atoms with E-state index in [0.29, 0.717) is 0 Å². The fourth-order valence-corrected chi connectivity index (χ4v) is 1.68. The van der Waals surface area contributed by atoms with Crippen LogP contribution < -0.4 is 5.32 Å². The van der Waals surface area contributed by atoms with E-state index in [2.05, 4.69) is 27.0 Å². The predicted octanol–water partition coefficient (Wildman–Crippen LogP) is 1.19. The summed E-state index contributed by atoms with van der Waals surface area (Å²) in [5.74, 6) is -1.22. The summed E-state index contributed by atoms with van der Waals surface area (Å²) in [4.78, 5) is 30.7. The van der Waals surface area contributed by atoms with E-state index in [1.54, 1.807) is 20.8 Å². The summed E-state index contributed by atoms with van der Waals surface area (Å²) in [6, 6.07) is 0. The molecular weight excluding hydrogens is 326 g/mol. The number of alkyl carbamates (subject to hydrolysis) is 1. The van der Waals surface area contributed by atoms with E-state index in [1.807, 2.05) is 0 Å². The van der Waals surface area contributed by atoms with Gasteiger partial charge in [0.25, 0.3) is 0 Å². The molecule has 130 valence electrons. The van der Waals surface area contributed by atoms with Gasteiger partial charge in [0.1, 0.15) is 17.9 Å². The molecule has 0 aromatic carbocycles. The Morgan fingerprint density at radius 3 is 2.52 bits per heavy atom. The average Bonchev–Trinajstić information content (AvgIpc) is 2.42. The lowest BCUT2D eigenvalue weighted by Crippen LogP contribution is -2.32. The molecule has 9 nitrogen and oxygen atoms in total. The van der Waals surface area contributed by atoms with Crippen LogP contribution in [0.25, 0.3) is 0 Å². The van der Waals surface area contributed by atoms with Crippen molar-refractivity contribution < 1.29 is 29.4 Å². The minimum Gasteiger partial charge on any atom is -0.476 e. The Morgan fingerprint density at radius 1 is 1.39 bits per heavy atom. The zero-order valence-corrected chi connectivity index (χ0v) is 14.1. The number of hydrogen-bond acceptors (Lipinski definition) is 8. The zero-order chi connectivity index (χ0) is 17.9. The number of oxime groups is 1. The molecule has 0 spiro atoms. The number of amides is 1. The molecule has 0 aromatic rings. The Morgan fingerprint density at radius 2 is 2.04 bits per heavy atom. The zero-order valence-electron chi connectivity index (χ0n) is 13.2. The quantitative estimate of drug-likeness (QED) is 0.247. The summed E-state index contributed by atoms with van der Waals surface area (Å²) in [7, 11) is 0. The first-order valence-corrected chi connectivity index (χ1v) is 7.56. The van der Waals surface area contributed by atoms with Gasteiger partial charge in [0.15, 0.2) is 0 Å². The van der Waals surface area contributed by atoms with Crippen molar-refractivity contribution >= 4 is 36.3 Å². The van der Waals surface area contributed by atoms with Gasteiger partial charge in [-0.15, -0.1) is 11.8 Å². The molecule has 23 heavy (non-hydrogen) atoms. The van der Waals surface area contributed by atoms with E-state index in [4.69, 9.17) is 14.9 Å². The lowest BCUT2D eigenvalue weighted by Gasteiger charge is -2.19. The van der Waals surface area contributed by atoms with Crippen molar-refractivity contribution in [3.8, 4) is 0 Å². The number of hydrogen-bond donors (Lipinski definition) is 3. The van der Waals surface area contributed by atoms with Gasteiger partial charge < -0.3 is 25.1 Å². The smallest absolute Gasteiger partial charge is 0.408 e. The van der Waals surface area contributed by atoms with Crippen LogP contribution in [0.5, 0.6) is 0 Å². The number of ether oxygens (including phenoxy) is 1. The van der Waals surface area contributed by atoms with E-state index in [0.717, 1.165) is 11.8 Å². The second kappa shape index (κ2) is 10.6. The Bertz CT molecular complexity index is 485. The molecule has 0 bridgehead atoms. The molecule has 0 radical (unpaired) electrons. The van der Waals surface area contributed by atoms with Gasteiger partial charge >= 0.3 is 12.1 Å². The molecule has 0 aliphatic rings. The standard InChI is InChI=1S/C13H21N3O6S/c1-13(2,3)22-12(20)15-8-23-7-9(14-4)10(11(18)19)16-21-6-5-17/h7,17H,4-6,8H2,1-3H3,(H,15,20)(H,18,19)/b9-7-,16-10-. The number of carbonyl (C=O) groups excluding carboxylic acids is 1. The van der Waals surface area contributed by atoms with Gasteiger partial charge in [-0.2, -0.15) is 0 Å². The van der Waals surface area contributed by atoms with Crippen molar-refractivity contribution in [1.82, 2.24) is 5.32 Å². The summed E-state index contributed by atoms with van der Waals surface area (Å²) < 4.78 is 5.04. The fourth-order valence-electron chi connectivity index (χ4n) is 1.05. The van der Waals surface area contributed by atoms with E-state index >= 15 is 0 Å². The van der Waals surface area contributed by atoms with Gasteiger partial charge in [0.2, 0.25) is 5.71 Å². The first kappa shape index (κ1) is 20.9. The number of carbonyl (C=O) groups is 2. The second-order valence-corrected chi connectivity index (χ2v) is 5.81. The van der Waals surface area contributed by atoms with Crippen LogP contribution in [0.4, 0.5) is 4.79 Å². The topological polar surface area (TPSA) is 130 Å². The van der Waals surface area contributed by atoms with Crippen LogP contribution in [-0.2, 0) is 14.4 Å². The van der Waals surface area contributed by atoms with Crippen LogP contribution in [0.2, 0.25) is 0 Å². The largest absolute Gasteiger partial charge is 0.476 e. The van der Waals surface area contributed by atoms with Crippen molar-refractivity contribution in [2.45, 2.75) is 26.4 Å². The van der Waals surface area contributed by atoms with Crippen molar-refractivity contribution in [1.29, 1.82) is 0 Å². The van der Waals surface area contributed by atoms with E-state index in [1.165, 1.54) is 5.41 Å². The Hall–Kier alpha value is -2.07. The molecule has 0 aliphatic carbocycles. The molecule has 0 fully saturated rings. The van der Waals surface area contributed by atoms with Crippen LogP contribution in [0.3, 0.4) is 0 Å². The number of carboxylic acid groups (broad SMARTS) is 1. The van der Waals surface area contributed by atoms with Crippen LogP contribution in [0.1, 0.15) is 20.8 Å². The van der Waals surface area contributed by atoms with E-state index < -0.39 is 23.4 Å². The second-order valence-electron chi connectivity index (χ2n) is 4.95. The monoisotopic (exact) mass is 347 g/mol. The summed E-state index contributed by atoms with van der Waals surface area (Å²) in [6.45, 7) is 8.03. The van der Waals surface area contributed by atoms with Crippen LogP contribution in [-0.4, -0.2) is 59.4 Å². The number of carboxylic acids is 1. The summed E-state index contributed by atoms with van der Waals surface area (Å²) in [5.41, 5.74) is -1.10. The normalized spacial score (nSPS) is 12.5. The molecule has 0 aliphatic heterocycles. The highest BCUT2D eigenvalue weighted by atomic mass is 32.2. The first-order valence-electron chi connectivity index (χ1n) is 6.51. The van der Waals surface area contributed by atoms with Crippen molar-refractivity contribution in [3.05, 3.63) is 11.1 Å². The molecule has 0 aromatic heterocycles. The first-order chi connectivity index (χ1) is 10.7. The Labute approximate surface area is 138 Å². The molecule has 0 rings (SSSR count). The molecule has 0 unspecified atom stereocenters. The van der Waals surface area contributed by atoms with Crippen LogP contribution in [0, 0.1) is 0 Å². The molecule has 0 saturated heterocycles. The summed E-state index contributed by atoms with van der Waals surface area (Å²) in [6.07, 6.45) is -0.593. The Balaban J connectivity index is 4.61. The molecule has 1 amide bonds. The minimum atomic E-state index is -1.36. The highest BCUT2D eigenvalue weighted by Gasteiger charge is 2.17. The molecule has 0 atom stereocenters. The predicted molar refractivity (Wildman–Crippen MR) is 87.6 cm³/mol. The molecular formula is C13H21N3O6S. The maximum atomic E-state index is 11.4. The van der Waals surface area contributed by atoms with Gasteiger partial charge in [0.05, 0.1) is 12.5 Å². The lowest BCUT2D eigenvalue weighted by molar-refractivity contribution is -0.129. The van der Waals surface area contributed by atoms with E-state index in [-0.39, 0.29) is 24.8 Å². The third-order valence-electron chi connectivity index (χ3n) is 1.85. The summed E-state index contributed by atoms with van der Waals surface area (Å²) in [5, 5.41) is 24.8. The third-order valence-corrected chi connectivity index (χ3v) is 2.55. The number of nitrogens with zero attached hydrogens (tertiary/aromatic N) is 2. The number of aliphatic hydroxyl groups is 1. The maximum absolute atomic E-state index is 11.4. The molecule has 3 N–H and O–H groups in total. The number of rotatable bonds is 9. The number of thioether (sulfide) groups is 1. The van der Waals surface area contributed by atoms with Crippen LogP contribution >= 0.6 is 11.8 Å². The van der Waals surface area contributed by atoms with Gasteiger partial charge in [-0.05, 0) is 27.5 Å². The number of aliphatic hydroxyl groups excluding tert-OH is 1. The summed E-state index contributed by atoms with van der Waals surface area (Å²) >= 11 is 1.07. The van der Waals surface area contributed by atoms with Crippen molar-refractivity contribution in [3.63, 3.8) is 0 Å². The highest BCUT2D eigenvalue weighted by molar-refractivity contribution is 8.02. The maximum Gasteiger partial charge on any atom is 0.408 e. The average molecular weight is 347 g/mol. The van der Waals surface area contributed by atoms with Gasteiger partial charge in [0, 0.05) is 5.41 Å². The molecule has 0 saturated carbocycles. The Kier molecular flexibility index (Phi) is 9.67. The van der Waals surface area contributed by atoms with Gasteiger partial charge in [-0.1, -0.05) is 5.16 Å².